The monoisotopic (exact) mass is 154 g/mol. The van der Waals surface area contributed by atoms with Gasteiger partial charge < -0.3 is 4.74 Å². The number of rotatable bonds is 1. The molecule has 0 spiro atoms. The maximum absolute atomic E-state index is 11.2. The molecule has 0 aromatic rings. The van der Waals surface area contributed by atoms with Crippen LogP contribution in [0.1, 0.15) is 26.7 Å². The van der Waals surface area contributed by atoms with Crippen LogP contribution < -0.4 is 0 Å². The number of ether oxygens (including phenoxy) is 1. The van der Waals surface area contributed by atoms with Crippen molar-refractivity contribution in [3.63, 3.8) is 0 Å². The van der Waals surface area contributed by atoms with E-state index in [1.54, 1.807) is 6.92 Å². The highest BCUT2D eigenvalue weighted by Gasteiger charge is 2.48. The summed E-state index contributed by atoms with van der Waals surface area (Å²) in [5, 5.41) is 0. The smallest absolute Gasteiger partial charge is 0.135 e. The Balaban J connectivity index is 2.17. The molecule has 2 rings (SSSR count). The number of Topliss-reactive ketones (excluding diaryl/α,β-unsaturated/α-hetero) is 1. The summed E-state index contributed by atoms with van der Waals surface area (Å²) in [6.45, 7) is 3.82. The lowest BCUT2D eigenvalue weighted by Crippen LogP contribution is -2.30. The molecule has 2 fully saturated rings. The second-order valence-corrected chi connectivity index (χ2v) is 3.79. The predicted molar refractivity (Wildman–Crippen MR) is 41.2 cm³/mol. The molecule has 2 aliphatic rings. The molecule has 0 N–H and O–H groups in total. The zero-order chi connectivity index (χ0) is 8.01. The highest BCUT2D eigenvalue weighted by molar-refractivity contribution is 5.79. The van der Waals surface area contributed by atoms with Crippen LogP contribution in [0.5, 0.6) is 0 Å². The number of ketones is 1. The van der Waals surface area contributed by atoms with Crippen LogP contribution in [0.4, 0.5) is 0 Å². The third-order valence-electron chi connectivity index (χ3n) is 3.11. The Kier molecular flexibility index (Phi) is 1.53. The van der Waals surface area contributed by atoms with Crippen LogP contribution in [0.3, 0.4) is 0 Å². The van der Waals surface area contributed by atoms with E-state index in [0.717, 1.165) is 12.8 Å². The number of hydrogen-bond acceptors (Lipinski definition) is 2. The van der Waals surface area contributed by atoms with Gasteiger partial charge in [-0.05, 0) is 25.7 Å². The van der Waals surface area contributed by atoms with E-state index in [1.807, 2.05) is 0 Å². The first-order valence-electron chi connectivity index (χ1n) is 4.36. The zero-order valence-electron chi connectivity index (χ0n) is 7.04. The van der Waals surface area contributed by atoms with Crippen LogP contribution >= 0.6 is 0 Å². The number of hydrogen-bond donors (Lipinski definition) is 0. The standard InChI is InChI=1S/C9H14O2/c1-5-7-3-4-8(11-7)9(5)6(2)10/h5,7-9H,3-4H2,1-2H3. The molecule has 0 radical (unpaired) electrons. The summed E-state index contributed by atoms with van der Waals surface area (Å²) in [5.74, 6) is 0.977. The molecule has 0 aromatic carbocycles. The first kappa shape index (κ1) is 7.29. The molecule has 2 heteroatoms. The Bertz CT molecular complexity index is 186. The van der Waals surface area contributed by atoms with Crippen molar-refractivity contribution in [1.29, 1.82) is 0 Å². The topological polar surface area (TPSA) is 26.3 Å². The number of fused-ring (bicyclic) bond motifs is 2. The van der Waals surface area contributed by atoms with Crippen LogP contribution in [0.25, 0.3) is 0 Å². The highest BCUT2D eigenvalue weighted by Crippen LogP contribution is 2.43. The first-order valence-corrected chi connectivity index (χ1v) is 4.36. The molecule has 0 saturated carbocycles. The van der Waals surface area contributed by atoms with Gasteiger partial charge in [0.05, 0.1) is 12.2 Å². The Morgan fingerprint density at radius 2 is 2.00 bits per heavy atom. The predicted octanol–water partition coefficient (Wildman–Crippen LogP) is 1.39. The van der Waals surface area contributed by atoms with Gasteiger partial charge in [0.25, 0.3) is 0 Å². The molecule has 2 nitrogen and oxygen atoms in total. The maximum Gasteiger partial charge on any atom is 0.135 e. The highest BCUT2D eigenvalue weighted by atomic mass is 16.5. The van der Waals surface area contributed by atoms with Gasteiger partial charge in [0.15, 0.2) is 0 Å². The lowest BCUT2D eigenvalue weighted by atomic mass is 9.78. The molecule has 62 valence electrons. The second kappa shape index (κ2) is 2.31. The molecule has 2 heterocycles. The molecule has 0 amide bonds. The summed E-state index contributed by atoms with van der Waals surface area (Å²) in [6, 6.07) is 0. The van der Waals surface area contributed by atoms with Crippen LogP contribution in [-0.2, 0) is 9.53 Å². The lowest BCUT2D eigenvalue weighted by Gasteiger charge is -2.21. The normalized spacial score (nSPS) is 48.2. The van der Waals surface area contributed by atoms with Gasteiger partial charge in [-0.25, -0.2) is 0 Å². The lowest BCUT2D eigenvalue weighted by molar-refractivity contribution is -0.123. The van der Waals surface area contributed by atoms with Gasteiger partial charge in [-0.3, -0.25) is 4.79 Å². The fourth-order valence-electron chi connectivity index (χ4n) is 2.54. The Morgan fingerprint density at radius 1 is 1.36 bits per heavy atom. The summed E-state index contributed by atoms with van der Waals surface area (Å²) in [4.78, 5) is 11.2. The van der Waals surface area contributed by atoms with Crippen molar-refractivity contribution in [3.05, 3.63) is 0 Å². The van der Waals surface area contributed by atoms with Crippen LogP contribution in [-0.4, -0.2) is 18.0 Å². The fraction of sp³-hybridized carbons (Fsp3) is 0.889. The van der Waals surface area contributed by atoms with Gasteiger partial charge in [0.1, 0.15) is 5.78 Å². The average Bonchev–Trinajstić information content (AvgIpc) is 2.44. The molecule has 11 heavy (non-hydrogen) atoms. The van der Waals surface area contributed by atoms with E-state index < -0.39 is 0 Å². The summed E-state index contributed by atoms with van der Waals surface area (Å²) in [6.07, 6.45) is 2.90. The van der Waals surface area contributed by atoms with Crippen LogP contribution in [0.15, 0.2) is 0 Å². The molecule has 4 unspecified atom stereocenters. The molecular weight excluding hydrogens is 140 g/mol. The minimum absolute atomic E-state index is 0.203. The third kappa shape index (κ3) is 0.924. The van der Waals surface area contributed by atoms with E-state index in [-0.39, 0.29) is 12.0 Å². The average molecular weight is 154 g/mol. The van der Waals surface area contributed by atoms with E-state index in [9.17, 15) is 4.79 Å². The summed E-state index contributed by atoms with van der Waals surface area (Å²) in [7, 11) is 0. The third-order valence-corrected chi connectivity index (χ3v) is 3.11. The van der Waals surface area contributed by atoms with Crippen molar-refractivity contribution >= 4 is 5.78 Å². The number of carbonyl (C=O) groups excluding carboxylic acids is 1. The van der Waals surface area contributed by atoms with Gasteiger partial charge in [-0.15, -0.1) is 0 Å². The van der Waals surface area contributed by atoms with Crippen LogP contribution in [0, 0.1) is 11.8 Å². The molecule has 2 aliphatic heterocycles. The van der Waals surface area contributed by atoms with E-state index in [2.05, 4.69) is 6.92 Å². The van der Waals surface area contributed by atoms with E-state index in [4.69, 9.17) is 4.74 Å². The molecule has 2 bridgehead atoms. The van der Waals surface area contributed by atoms with Crippen molar-refractivity contribution in [1.82, 2.24) is 0 Å². The Morgan fingerprint density at radius 3 is 2.36 bits per heavy atom. The molecule has 2 saturated heterocycles. The molecule has 4 atom stereocenters. The number of carbonyl (C=O) groups is 1. The van der Waals surface area contributed by atoms with Crippen molar-refractivity contribution in [2.45, 2.75) is 38.9 Å². The zero-order valence-corrected chi connectivity index (χ0v) is 7.04. The summed E-state index contributed by atoms with van der Waals surface area (Å²) >= 11 is 0. The second-order valence-electron chi connectivity index (χ2n) is 3.79. The van der Waals surface area contributed by atoms with Gasteiger partial charge in [-0.2, -0.15) is 0 Å². The van der Waals surface area contributed by atoms with Gasteiger partial charge in [0.2, 0.25) is 0 Å². The maximum atomic E-state index is 11.2. The van der Waals surface area contributed by atoms with Gasteiger partial charge in [0, 0.05) is 5.92 Å². The Labute approximate surface area is 66.9 Å². The van der Waals surface area contributed by atoms with E-state index >= 15 is 0 Å². The van der Waals surface area contributed by atoms with E-state index in [0.29, 0.717) is 17.8 Å². The van der Waals surface area contributed by atoms with Gasteiger partial charge >= 0.3 is 0 Å². The van der Waals surface area contributed by atoms with Crippen molar-refractivity contribution in [2.75, 3.05) is 0 Å². The summed E-state index contributed by atoms with van der Waals surface area (Å²) in [5.41, 5.74) is 0. The van der Waals surface area contributed by atoms with Crippen molar-refractivity contribution in [2.24, 2.45) is 11.8 Å². The summed E-state index contributed by atoms with van der Waals surface area (Å²) < 4.78 is 5.64. The molecular formula is C9H14O2. The molecule has 0 aliphatic carbocycles. The SMILES string of the molecule is CC(=O)C1C2CCC(O2)C1C. The van der Waals surface area contributed by atoms with Crippen molar-refractivity contribution < 1.29 is 9.53 Å². The minimum atomic E-state index is 0.203. The van der Waals surface area contributed by atoms with Gasteiger partial charge in [-0.1, -0.05) is 6.92 Å². The quantitative estimate of drug-likeness (QED) is 0.570. The van der Waals surface area contributed by atoms with E-state index in [1.165, 1.54) is 0 Å². The van der Waals surface area contributed by atoms with Crippen molar-refractivity contribution in [3.8, 4) is 0 Å². The minimum Gasteiger partial charge on any atom is -0.374 e. The molecule has 0 aromatic heterocycles. The first-order chi connectivity index (χ1) is 5.20. The van der Waals surface area contributed by atoms with Crippen LogP contribution in [0.2, 0.25) is 0 Å². The Hall–Kier alpha value is -0.370. The largest absolute Gasteiger partial charge is 0.374 e. The fourth-order valence-corrected chi connectivity index (χ4v) is 2.54.